The number of aromatic nitrogens is 1. The summed E-state index contributed by atoms with van der Waals surface area (Å²) in [5.74, 6) is -0.424. The van der Waals surface area contributed by atoms with Crippen LogP contribution in [0.3, 0.4) is 0 Å². The van der Waals surface area contributed by atoms with Crippen LogP contribution in [-0.4, -0.2) is 55.8 Å². The van der Waals surface area contributed by atoms with E-state index in [0.717, 1.165) is 0 Å². The lowest BCUT2D eigenvalue weighted by Gasteiger charge is -2.16. The van der Waals surface area contributed by atoms with E-state index in [0.29, 0.717) is 18.7 Å². The zero-order chi connectivity index (χ0) is 15.2. The largest absolute Gasteiger partial charge is 0.468 e. The highest BCUT2D eigenvalue weighted by atomic mass is 19.4. The summed E-state index contributed by atoms with van der Waals surface area (Å²) in [5, 5.41) is 2.91. The molecule has 112 valence electrons. The number of carbonyl (C=O) groups excluding carboxylic acids is 1. The Bertz CT molecular complexity index is 435. The molecule has 0 saturated heterocycles. The Morgan fingerprint density at radius 2 is 2.15 bits per heavy atom. The van der Waals surface area contributed by atoms with Crippen molar-refractivity contribution in [3.8, 4) is 5.88 Å². The molecule has 0 aliphatic rings. The van der Waals surface area contributed by atoms with Gasteiger partial charge in [0.25, 0.3) is 5.91 Å². The minimum Gasteiger partial charge on any atom is -0.468 e. The van der Waals surface area contributed by atoms with Gasteiger partial charge < -0.3 is 15.0 Å². The zero-order valence-electron chi connectivity index (χ0n) is 11.2. The van der Waals surface area contributed by atoms with Gasteiger partial charge in [-0.3, -0.25) is 4.79 Å². The second-order valence-electron chi connectivity index (χ2n) is 4.12. The fraction of sp³-hybridized carbons (Fsp3) is 0.500. The summed E-state index contributed by atoms with van der Waals surface area (Å²) >= 11 is 0. The number of nitrogens with one attached hydrogen (secondary N) is 1. The molecule has 8 heteroatoms. The first-order chi connectivity index (χ1) is 9.33. The smallest absolute Gasteiger partial charge is 0.422 e. The molecule has 0 radical (unpaired) electrons. The fourth-order valence-corrected chi connectivity index (χ4v) is 1.35. The Balaban J connectivity index is 2.59. The molecule has 1 N–H and O–H groups in total. The van der Waals surface area contributed by atoms with Gasteiger partial charge in [-0.05, 0) is 13.1 Å². The van der Waals surface area contributed by atoms with E-state index in [4.69, 9.17) is 0 Å². The molecular weight excluding hydrogens is 275 g/mol. The fourth-order valence-electron chi connectivity index (χ4n) is 1.35. The van der Waals surface area contributed by atoms with Gasteiger partial charge in [-0.25, -0.2) is 4.98 Å². The van der Waals surface area contributed by atoms with Crippen molar-refractivity contribution in [1.29, 1.82) is 0 Å². The Morgan fingerprint density at radius 3 is 2.65 bits per heavy atom. The molecular formula is C12H16F3N3O2. The molecule has 0 saturated carbocycles. The van der Waals surface area contributed by atoms with Crippen molar-refractivity contribution < 1.29 is 22.7 Å². The molecule has 0 aliphatic carbocycles. The van der Waals surface area contributed by atoms with Crippen molar-refractivity contribution in [3.63, 3.8) is 0 Å². The number of rotatable bonds is 6. The first kappa shape index (κ1) is 16.2. The molecule has 0 unspecified atom stereocenters. The molecule has 1 aromatic heterocycles. The predicted octanol–water partition coefficient (Wildman–Crippen LogP) is 1.31. The zero-order valence-corrected chi connectivity index (χ0v) is 11.2. The Morgan fingerprint density at radius 1 is 1.45 bits per heavy atom. The van der Waals surface area contributed by atoms with Crippen molar-refractivity contribution in [2.45, 2.75) is 6.18 Å². The third kappa shape index (κ3) is 5.43. The number of halogens is 3. The lowest BCUT2D eigenvalue weighted by atomic mass is 10.2. The van der Waals surface area contributed by atoms with Crippen molar-refractivity contribution in [1.82, 2.24) is 15.2 Å². The summed E-state index contributed by atoms with van der Waals surface area (Å²) in [4.78, 5) is 17.1. The number of likely N-dealkylation sites (N-methyl/N-ethyl adjacent to an activating group) is 2. The molecule has 0 aliphatic heterocycles. The Kier molecular flexibility index (Phi) is 5.75. The number of pyridine rings is 1. The lowest BCUT2D eigenvalue weighted by molar-refractivity contribution is -0.154. The topological polar surface area (TPSA) is 54.5 Å². The maximum Gasteiger partial charge on any atom is 0.422 e. The number of carbonyl (C=O) groups is 1. The van der Waals surface area contributed by atoms with Crippen LogP contribution in [-0.2, 0) is 0 Å². The van der Waals surface area contributed by atoms with Gasteiger partial charge in [0.1, 0.15) is 0 Å². The molecule has 0 bridgehead atoms. The van der Waals surface area contributed by atoms with E-state index in [1.807, 2.05) is 0 Å². The highest BCUT2D eigenvalue weighted by Crippen LogP contribution is 2.17. The van der Waals surface area contributed by atoms with Gasteiger partial charge in [0.15, 0.2) is 6.61 Å². The molecule has 0 aromatic carbocycles. The quantitative estimate of drug-likeness (QED) is 0.858. The molecule has 1 rings (SSSR count). The van der Waals surface area contributed by atoms with E-state index in [1.54, 1.807) is 14.1 Å². The summed E-state index contributed by atoms with van der Waals surface area (Å²) in [7, 11) is 3.40. The van der Waals surface area contributed by atoms with Gasteiger partial charge in [0.05, 0.1) is 5.56 Å². The first-order valence-electron chi connectivity index (χ1n) is 5.89. The highest BCUT2D eigenvalue weighted by molar-refractivity contribution is 5.93. The standard InChI is InChI=1S/C12H16F3N3O2/c1-16-5-6-18(2)11(19)9-3-4-10(17-7-9)20-8-12(13,14)15/h3-4,7,16H,5-6,8H2,1-2H3. The first-order valence-corrected chi connectivity index (χ1v) is 5.89. The van der Waals surface area contributed by atoms with Gasteiger partial charge in [-0.1, -0.05) is 0 Å². The summed E-state index contributed by atoms with van der Waals surface area (Å²) in [6.45, 7) is -0.251. The van der Waals surface area contributed by atoms with Crippen LogP contribution in [0, 0.1) is 0 Å². The van der Waals surface area contributed by atoms with E-state index in [-0.39, 0.29) is 11.8 Å². The average Bonchev–Trinajstić information content (AvgIpc) is 2.41. The number of ether oxygens (including phenoxy) is 1. The number of alkyl halides is 3. The van der Waals surface area contributed by atoms with Crippen LogP contribution in [0.25, 0.3) is 0 Å². The molecule has 1 aromatic rings. The molecule has 20 heavy (non-hydrogen) atoms. The van der Waals surface area contributed by atoms with Crippen LogP contribution in [0.1, 0.15) is 10.4 Å². The van der Waals surface area contributed by atoms with Crippen LogP contribution in [0.15, 0.2) is 18.3 Å². The van der Waals surface area contributed by atoms with Crippen molar-refractivity contribution >= 4 is 5.91 Å². The summed E-state index contributed by atoms with van der Waals surface area (Å²) in [5.41, 5.74) is 0.294. The van der Waals surface area contributed by atoms with Crippen LogP contribution in [0.4, 0.5) is 13.2 Å². The van der Waals surface area contributed by atoms with Gasteiger partial charge in [-0.15, -0.1) is 0 Å². The number of hydrogen-bond acceptors (Lipinski definition) is 4. The number of hydrogen-bond donors (Lipinski definition) is 1. The van der Waals surface area contributed by atoms with E-state index in [9.17, 15) is 18.0 Å². The second kappa shape index (κ2) is 7.09. The van der Waals surface area contributed by atoms with Crippen LogP contribution >= 0.6 is 0 Å². The summed E-state index contributed by atoms with van der Waals surface area (Å²) in [6, 6.07) is 2.63. The molecule has 5 nitrogen and oxygen atoms in total. The SMILES string of the molecule is CNCCN(C)C(=O)c1ccc(OCC(F)(F)F)nc1. The normalized spacial score (nSPS) is 11.2. The minimum atomic E-state index is -4.41. The minimum absolute atomic E-state index is 0.170. The van der Waals surface area contributed by atoms with E-state index >= 15 is 0 Å². The monoisotopic (exact) mass is 291 g/mol. The van der Waals surface area contributed by atoms with Gasteiger partial charge in [0, 0.05) is 32.4 Å². The Hall–Kier alpha value is -1.83. The van der Waals surface area contributed by atoms with E-state index in [2.05, 4.69) is 15.0 Å². The summed E-state index contributed by atoms with van der Waals surface area (Å²) in [6.07, 6.45) is -3.21. The second-order valence-corrected chi connectivity index (χ2v) is 4.12. The molecule has 0 fully saturated rings. The number of amides is 1. The molecule has 1 heterocycles. The molecule has 1 amide bonds. The third-order valence-electron chi connectivity index (χ3n) is 2.41. The maximum absolute atomic E-state index is 12.0. The van der Waals surface area contributed by atoms with Gasteiger partial charge in [-0.2, -0.15) is 13.2 Å². The average molecular weight is 291 g/mol. The molecule has 0 spiro atoms. The van der Waals surface area contributed by atoms with Crippen LogP contribution in [0.2, 0.25) is 0 Å². The maximum atomic E-state index is 12.0. The van der Waals surface area contributed by atoms with Crippen molar-refractivity contribution in [3.05, 3.63) is 23.9 Å². The van der Waals surface area contributed by atoms with Gasteiger partial charge >= 0.3 is 6.18 Å². The highest BCUT2D eigenvalue weighted by Gasteiger charge is 2.28. The van der Waals surface area contributed by atoms with Crippen molar-refractivity contribution in [2.75, 3.05) is 33.8 Å². The summed E-state index contributed by atoms with van der Waals surface area (Å²) < 4.78 is 40.3. The van der Waals surface area contributed by atoms with Gasteiger partial charge in [0.2, 0.25) is 5.88 Å². The van der Waals surface area contributed by atoms with E-state index < -0.39 is 12.8 Å². The number of nitrogens with zero attached hydrogens (tertiary/aromatic N) is 2. The van der Waals surface area contributed by atoms with Crippen molar-refractivity contribution in [2.24, 2.45) is 0 Å². The van der Waals surface area contributed by atoms with Crippen LogP contribution in [0.5, 0.6) is 5.88 Å². The third-order valence-corrected chi connectivity index (χ3v) is 2.41. The lowest BCUT2D eigenvalue weighted by Crippen LogP contribution is -2.32. The molecule has 0 atom stereocenters. The van der Waals surface area contributed by atoms with Crippen LogP contribution < -0.4 is 10.1 Å². The van der Waals surface area contributed by atoms with E-state index in [1.165, 1.54) is 23.2 Å². The Labute approximate surface area is 114 Å². The predicted molar refractivity (Wildman–Crippen MR) is 66.7 cm³/mol.